The molecule has 2 heteroatoms. The van der Waals surface area contributed by atoms with E-state index < -0.39 is 0 Å². The van der Waals surface area contributed by atoms with Crippen LogP contribution in [0.2, 0.25) is 0 Å². The molecule has 0 aliphatic rings. The molecule has 0 aromatic carbocycles. The molecule has 0 saturated heterocycles. The van der Waals surface area contributed by atoms with Crippen molar-refractivity contribution in [3.63, 3.8) is 0 Å². The van der Waals surface area contributed by atoms with Gasteiger partial charge in [0.25, 0.3) is 0 Å². The summed E-state index contributed by atoms with van der Waals surface area (Å²) < 4.78 is 0. The van der Waals surface area contributed by atoms with Gasteiger partial charge in [0.1, 0.15) is 5.78 Å². The van der Waals surface area contributed by atoms with Gasteiger partial charge < -0.3 is 0 Å². The minimum absolute atomic E-state index is 0.0836. The number of rotatable bonds is 17. The van der Waals surface area contributed by atoms with Gasteiger partial charge >= 0.3 is 0 Å². The van der Waals surface area contributed by atoms with E-state index >= 15 is 0 Å². The second-order valence-electron chi connectivity index (χ2n) is 6.43. The lowest BCUT2D eigenvalue weighted by Crippen LogP contribution is -1.97. The van der Waals surface area contributed by atoms with Gasteiger partial charge in [0.05, 0.1) is 0 Å². The Bertz CT molecular complexity index is 441. The second-order valence-corrected chi connectivity index (χ2v) is 6.43. The van der Waals surface area contributed by atoms with Crippen LogP contribution in [0, 0.1) is 0 Å². The number of hydrogen-bond donors (Lipinski definition) is 0. The van der Waals surface area contributed by atoms with Gasteiger partial charge in [-0.1, -0.05) is 82.4 Å². The molecule has 0 aromatic rings. The Morgan fingerprint density at radius 2 is 1.36 bits per heavy atom. The number of unbranched alkanes of at least 4 members (excludes halogenated alkanes) is 8. The Hall–Kier alpha value is -1.70. The van der Waals surface area contributed by atoms with Gasteiger partial charge in [0.2, 0.25) is 0 Å². The SMILES string of the molecule is C=CC(=O)C=CC=CC=CCCCCCC(=O)CCCCCCCC. The summed E-state index contributed by atoms with van der Waals surface area (Å²) in [5.41, 5.74) is 0. The molecule has 0 saturated carbocycles. The van der Waals surface area contributed by atoms with Crippen molar-refractivity contribution in [3.05, 3.63) is 49.1 Å². The maximum Gasteiger partial charge on any atom is 0.178 e. The third kappa shape index (κ3) is 18.5. The zero-order valence-electron chi connectivity index (χ0n) is 16.1. The quantitative estimate of drug-likeness (QED) is 0.167. The molecule has 0 atom stereocenters. The van der Waals surface area contributed by atoms with Crippen LogP contribution in [0.4, 0.5) is 0 Å². The summed E-state index contributed by atoms with van der Waals surface area (Å²) in [5, 5.41) is 0. The maximum absolute atomic E-state index is 11.8. The second kappa shape index (κ2) is 18.6. The Balaban J connectivity index is 3.44. The van der Waals surface area contributed by atoms with Crippen LogP contribution in [0.3, 0.4) is 0 Å². The molecule has 0 spiro atoms. The molecule has 0 rings (SSSR count). The van der Waals surface area contributed by atoms with Gasteiger partial charge in [-0.05, 0) is 37.8 Å². The monoisotopic (exact) mass is 344 g/mol. The lowest BCUT2D eigenvalue weighted by atomic mass is 10.0. The molecule has 0 fully saturated rings. The van der Waals surface area contributed by atoms with E-state index in [1.54, 1.807) is 6.08 Å². The molecule has 0 aliphatic carbocycles. The van der Waals surface area contributed by atoms with Crippen molar-refractivity contribution in [1.29, 1.82) is 0 Å². The van der Waals surface area contributed by atoms with Crippen molar-refractivity contribution in [2.75, 3.05) is 0 Å². The van der Waals surface area contributed by atoms with Crippen LogP contribution in [-0.4, -0.2) is 11.6 Å². The average molecular weight is 345 g/mol. The maximum atomic E-state index is 11.8. The first-order chi connectivity index (χ1) is 12.2. The molecule has 0 aromatic heterocycles. The van der Waals surface area contributed by atoms with E-state index in [1.165, 1.54) is 44.3 Å². The summed E-state index contributed by atoms with van der Waals surface area (Å²) in [6.07, 6.45) is 25.6. The molecule has 0 radical (unpaired) electrons. The standard InChI is InChI=1S/C23H36O2/c1-3-5-6-7-13-17-20-23(25)21-18-15-12-10-8-9-11-14-16-19-22(24)4-2/h4,8-9,11,14,16,19H,2-3,5-7,10,12-13,15,17-18,20-21H2,1H3. The van der Waals surface area contributed by atoms with Gasteiger partial charge in [-0.15, -0.1) is 0 Å². The Labute approximate surface area is 154 Å². The summed E-state index contributed by atoms with van der Waals surface area (Å²) in [4.78, 5) is 22.7. The zero-order valence-corrected chi connectivity index (χ0v) is 16.1. The van der Waals surface area contributed by atoms with Crippen LogP contribution in [0.5, 0.6) is 0 Å². The Kier molecular flexibility index (Phi) is 17.4. The predicted octanol–water partition coefficient (Wildman–Crippen LogP) is 6.68. The lowest BCUT2D eigenvalue weighted by molar-refractivity contribution is -0.119. The van der Waals surface area contributed by atoms with Gasteiger partial charge in [0.15, 0.2) is 5.78 Å². The highest BCUT2D eigenvalue weighted by molar-refractivity contribution is 5.98. The van der Waals surface area contributed by atoms with Gasteiger partial charge in [-0.3, -0.25) is 9.59 Å². The van der Waals surface area contributed by atoms with E-state index in [2.05, 4.69) is 19.6 Å². The molecule has 0 heterocycles. The third-order valence-electron chi connectivity index (χ3n) is 4.07. The lowest BCUT2D eigenvalue weighted by Gasteiger charge is -2.01. The van der Waals surface area contributed by atoms with Crippen molar-refractivity contribution in [2.24, 2.45) is 0 Å². The van der Waals surface area contributed by atoms with Crippen LogP contribution < -0.4 is 0 Å². The van der Waals surface area contributed by atoms with Crippen LogP contribution in [0.25, 0.3) is 0 Å². The Morgan fingerprint density at radius 3 is 2.04 bits per heavy atom. The smallest absolute Gasteiger partial charge is 0.178 e. The molecule has 0 aliphatic heterocycles. The molecule has 0 unspecified atom stereocenters. The average Bonchev–Trinajstić information content (AvgIpc) is 2.62. The topological polar surface area (TPSA) is 34.1 Å². The highest BCUT2D eigenvalue weighted by Gasteiger charge is 2.01. The Morgan fingerprint density at radius 1 is 0.760 bits per heavy atom. The molecule has 25 heavy (non-hydrogen) atoms. The molecule has 2 nitrogen and oxygen atoms in total. The van der Waals surface area contributed by atoms with Crippen molar-refractivity contribution in [1.82, 2.24) is 0 Å². The van der Waals surface area contributed by atoms with Crippen molar-refractivity contribution >= 4 is 11.6 Å². The first kappa shape index (κ1) is 23.3. The third-order valence-corrected chi connectivity index (χ3v) is 4.07. The van der Waals surface area contributed by atoms with Gasteiger partial charge in [0, 0.05) is 12.8 Å². The highest BCUT2D eigenvalue weighted by atomic mass is 16.1. The summed E-state index contributed by atoms with van der Waals surface area (Å²) in [7, 11) is 0. The number of ketones is 2. The minimum Gasteiger partial charge on any atom is -0.300 e. The largest absolute Gasteiger partial charge is 0.300 e. The number of hydrogen-bond acceptors (Lipinski definition) is 2. The van der Waals surface area contributed by atoms with E-state index in [0.29, 0.717) is 5.78 Å². The molecule has 0 bridgehead atoms. The summed E-state index contributed by atoms with van der Waals surface area (Å²) in [6.45, 7) is 5.63. The van der Waals surface area contributed by atoms with Crippen molar-refractivity contribution in [3.8, 4) is 0 Å². The first-order valence-corrected chi connectivity index (χ1v) is 9.88. The highest BCUT2D eigenvalue weighted by Crippen LogP contribution is 2.10. The van der Waals surface area contributed by atoms with Crippen LogP contribution in [0.1, 0.15) is 84.0 Å². The van der Waals surface area contributed by atoms with E-state index in [1.807, 2.05) is 18.2 Å². The van der Waals surface area contributed by atoms with E-state index in [4.69, 9.17) is 0 Å². The summed E-state index contributed by atoms with van der Waals surface area (Å²) in [6, 6.07) is 0. The first-order valence-electron chi connectivity index (χ1n) is 9.88. The van der Waals surface area contributed by atoms with Gasteiger partial charge in [-0.25, -0.2) is 0 Å². The van der Waals surface area contributed by atoms with Crippen LogP contribution >= 0.6 is 0 Å². The fourth-order valence-corrected chi connectivity index (χ4v) is 2.51. The summed E-state index contributed by atoms with van der Waals surface area (Å²) >= 11 is 0. The minimum atomic E-state index is -0.0836. The van der Waals surface area contributed by atoms with Crippen LogP contribution in [-0.2, 0) is 9.59 Å². The fourth-order valence-electron chi connectivity index (χ4n) is 2.51. The van der Waals surface area contributed by atoms with E-state index in [-0.39, 0.29) is 5.78 Å². The molecule has 140 valence electrons. The molecular weight excluding hydrogens is 308 g/mol. The zero-order chi connectivity index (χ0) is 18.6. The molecular formula is C23H36O2. The normalized spacial score (nSPS) is 11.7. The van der Waals surface area contributed by atoms with Crippen molar-refractivity contribution < 1.29 is 9.59 Å². The van der Waals surface area contributed by atoms with E-state index in [0.717, 1.165) is 44.9 Å². The van der Waals surface area contributed by atoms with Crippen molar-refractivity contribution in [2.45, 2.75) is 84.0 Å². The number of carbonyl (C=O) groups excluding carboxylic acids is 2. The number of allylic oxidation sites excluding steroid dienone is 7. The van der Waals surface area contributed by atoms with E-state index in [9.17, 15) is 9.59 Å². The van der Waals surface area contributed by atoms with Gasteiger partial charge in [-0.2, -0.15) is 0 Å². The summed E-state index contributed by atoms with van der Waals surface area (Å²) in [5.74, 6) is 0.356. The fraction of sp³-hybridized carbons (Fsp3) is 0.565. The number of carbonyl (C=O) groups is 2. The molecule has 0 N–H and O–H groups in total. The molecule has 0 amide bonds. The predicted molar refractivity (Wildman–Crippen MR) is 109 cm³/mol. The number of Topliss-reactive ketones (excluding diaryl/α,β-unsaturated/α-hetero) is 1. The van der Waals surface area contributed by atoms with Crippen LogP contribution in [0.15, 0.2) is 49.1 Å².